The lowest BCUT2D eigenvalue weighted by atomic mass is 9.99. The summed E-state index contributed by atoms with van der Waals surface area (Å²) in [5.41, 5.74) is 2.74. The van der Waals surface area contributed by atoms with Gasteiger partial charge in [-0.05, 0) is 47.9 Å². The van der Waals surface area contributed by atoms with Crippen LogP contribution in [0.5, 0.6) is 11.5 Å². The van der Waals surface area contributed by atoms with Crippen LogP contribution in [0.4, 0.5) is 0 Å². The van der Waals surface area contributed by atoms with Gasteiger partial charge in [-0.2, -0.15) is 0 Å². The minimum atomic E-state index is -0.761. The number of Topliss-reactive ketones (excluding diaryl/α,β-unsaturated/α-hetero) is 1. The fourth-order valence-corrected chi connectivity index (χ4v) is 3.90. The van der Waals surface area contributed by atoms with Crippen molar-refractivity contribution in [2.45, 2.75) is 31.9 Å². The first kappa shape index (κ1) is 25.9. The van der Waals surface area contributed by atoms with E-state index in [4.69, 9.17) is 9.47 Å². The Morgan fingerprint density at radius 1 is 0.703 bits per heavy atom. The number of amides is 1. The van der Waals surface area contributed by atoms with E-state index >= 15 is 0 Å². The summed E-state index contributed by atoms with van der Waals surface area (Å²) in [6.45, 7) is 2.29. The third kappa shape index (κ3) is 7.89. The summed E-state index contributed by atoms with van der Waals surface area (Å²) in [6, 6.07) is 35.5. The Labute approximate surface area is 218 Å². The van der Waals surface area contributed by atoms with Crippen molar-refractivity contribution in [2.24, 2.45) is 0 Å². The normalized spacial score (nSPS) is 12.4. The first-order chi connectivity index (χ1) is 18.1. The molecule has 0 bridgehead atoms. The summed E-state index contributed by atoms with van der Waals surface area (Å²) in [5, 5.41) is 2.93. The lowest BCUT2D eigenvalue weighted by Crippen LogP contribution is -2.46. The molecule has 0 spiro atoms. The average Bonchev–Trinajstić information content (AvgIpc) is 2.94. The number of carbonyl (C=O) groups excluding carboxylic acids is 2. The highest BCUT2D eigenvalue weighted by Crippen LogP contribution is 2.21. The highest BCUT2D eigenvalue weighted by molar-refractivity contribution is 5.92. The molecular formula is C32H31NO4. The Hall–Kier alpha value is -4.22. The van der Waals surface area contributed by atoms with Crippen LogP contribution in [0.2, 0.25) is 0 Å². The fourth-order valence-electron chi connectivity index (χ4n) is 3.90. The number of ether oxygens (including phenoxy) is 2. The van der Waals surface area contributed by atoms with Crippen LogP contribution in [0.25, 0.3) is 0 Å². The van der Waals surface area contributed by atoms with E-state index < -0.39 is 6.04 Å². The lowest BCUT2D eigenvalue weighted by molar-refractivity contribution is -0.129. The van der Waals surface area contributed by atoms with Gasteiger partial charge in [-0.3, -0.25) is 9.59 Å². The Balaban J connectivity index is 1.40. The van der Waals surface area contributed by atoms with Gasteiger partial charge in [0.2, 0.25) is 5.91 Å². The molecule has 0 aliphatic carbocycles. The maximum atomic E-state index is 13.3. The number of hydrogen-bond acceptors (Lipinski definition) is 4. The minimum Gasteiger partial charge on any atom is -0.457 e. The van der Waals surface area contributed by atoms with Crippen LogP contribution >= 0.6 is 0 Å². The van der Waals surface area contributed by atoms with E-state index in [0.717, 1.165) is 22.4 Å². The molecule has 0 aliphatic rings. The molecule has 0 radical (unpaired) electrons. The van der Waals surface area contributed by atoms with Crippen molar-refractivity contribution in [3.05, 3.63) is 132 Å². The number of rotatable bonds is 12. The van der Waals surface area contributed by atoms with Crippen LogP contribution < -0.4 is 10.1 Å². The summed E-state index contributed by atoms with van der Waals surface area (Å²) in [5.74, 6) is 0.727. The van der Waals surface area contributed by atoms with E-state index in [2.05, 4.69) is 5.32 Å². The van der Waals surface area contributed by atoms with Crippen molar-refractivity contribution in [1.29, 1.82) is 0 Å². The highest BCUT2D eigenvalue weighted by atomic mass is 16.5. The molecule has 1 N–H and O–H groups in total. The Kier molecular flexibility index (Phi) is 9.22. The molecule has 5 nitrogen and oxygen atoms in total. The number of para-hydroxylation sites is 1. The van der Waals surface area contributed by atoms with E-state index in [1.54, 1.807) is 0 Å². The fraction of sp³-hybridized carbons (Fsp3) is 0.188. The zero-order chi connectivity index (χ0) is 25.9. The van der Waals surface area contributed by atoms with Crippen LogP contribution in [0.3, 0.4) is 0 Å². The van der Waals surface area contributed by atoms with Gasteiger partial charge in [-0.25, -0.2) is 0 Å². The SMILES string of the molecule is CC(C(=O)NC(COCc1ccccc1)C(=O)Cc1ccc(Oc2ccccc2)cc1)c1ccccc1. The molecule has 0 heterocycles. The van der Waals surface area contributed by atoms with Crippen LogP contribution in [-0.4, -0.2) is 24.3 Å². The zero-order valence-electron chi connectivity index (χ0n) is 20.9. The van der Waals surface area contributed by atoms with Crippen LogP contribution in [-0.2, 0) is 27.4 Å². The molecule has 188 valence electrons. The Bertz CT molecular complexity index is 1260. The van der Waals surface area contributed by atoms with Gasteiger partial charge in [-0.15, -0.1) is 0 Å². The number of carbonyl (C=O) groups is 2. The third-order valence-corrected chi connectivity index (χ3v) is 6.07. The summed E-state index contributed by atoms with van der Waals surface area (Å²) in [4.78, 5) is 26.3. The van der Waals surface area contributed by atoms with Gasteiger partial charge in [0.1, 0.15) is 17.5 Å². The zero-order valence-corrected chi connectivity index (χ0v) is 20.9. The summed E-state index contributed by atoms with van der Waals surface area (Å²) >= 11 is 0. The molecule has 0 saturated heterocycles. The predicted molar refractivity (Wildman–Crippen MR) is 145 cm³/mol. The first-order valence-corrected chi connectivity index (χ1v) is 12.4. The Morgan fingerprint density at radius 3 is 1.92 bits per heavy atom. The summed E-state index contributed by atoms with van der Waals surface area (Å²) in [6.07, 6.45) is 0.172. The van der Waals surface area contributed by atoms with Crippen molar-refractivity contribution in [3.63, 3.8) is 0 Å². The minimum absolute atomic E-state index is 0.0934. The van der Waals surface area contributed by atoms with Crippen molar-refractivity contribution in [2.75, 3.05) is 6.61 Å². The van der Waals surface area contributed by atoms with E-state index in [0.29, 0.717) is 12.4 Å². The second-order valence-corrected chi connectivity index (χ2v) is 8.90. The van der Waals surface area contributed by atoms with Gasteiger partial charge in [-0.1, -0.05) is 91.0 Å². The average molecular weight is 494 g/mol. The third-order valence-electron chi connectivity index (χ3n) is 6.07. The first-order valence-electron chi connectivity index (χ1n) is 12.4. The van der Waals surface area contributed by atoms with Gasteiger partial charge >= 0.3 is 0 Å². The van der Waals surface area contributed by atoms with Gasteiger partial charge in [0.25, 0.3) is 0 Å². The molecule has 4 aromatic carbocycles. The summed E-state index contributed by atoms with van der Waals surface area (Å²) in [7, 11) is 0. The van der Waals surface area contributed by atoms with E-state index in [1.807, 2.05) is 122 Å². The standard InChI is InChI=1S/C32H31NO4/c1-24(27-13-7-3-8-14-27)32(35)33-30(23-36-22-26-11-5-2-6-12-26)31(34)21-25-17-19-29(20-18-25)37-28-15-9-4-10-16-28/h2-20,24,30H,21-23H2,1H3,(H,33,35). The largest absolute Gasteiger partial charge is 0.457 e. The monoisotopic (exact) mass is 493 g/mol. The van der Waals surface area contributed by atoms with Crippen molar-refractivity contribution in [3.8, 4) is 11.5 Å². The molecule has 5 heteroatoms. The molecule has 0 fully saturated rings. The van der Waals surface area contributed by atoms with Gasteiger partial charge < -0.3 is 14.8 Å². The number of nitrogens with one attached hydrogen (secondary N) is 1. The van der Waals surface area contributed by atoms with Crippen molar-refractivity contribution in [1.82, 2.24) is 5.32 Å². The lowest BCUT2D eigenvalue weighted by Gasteiger charge is -2.21. The van der Waals surface area contributed by atoms with Crippen LogP contribution in [0.15, 0.2) is 115 Å². The predicted octanol–water partition coefficient (Wildman–Crippen LogP) is 6.10. The molecule has 1 amide bonds. The number of benzene rings is 4. The Morgan fingerprint density at radius 2 is 1.27 bits per heavy atom. The molecule has 2 atom stereocenters. The topological polar surface area (TPSA) is 64.6 Å². The van der Waals surface area contributed by atoms with Gasteiger partial charge in [0, 0.05) is 6.42 Å². The number of ketones is 1. The molecule has 0 saturated carbocycles. The molecule has 37 heavy (non-hydrogen) atoms. The number of hydrogen-bond donors (Lipinski definition) is 1. The van der Waals surface area contributed by atoms with Crippen molar-refractivity contribution >= 4 is 11.7 Å². The smallest absolute Gasteiger partial charge is 0.227 e. The molecule has 2 unspecified atom stereocenters. The van der Waals surface area contributed by atoms with Crippen molar-refractivity contribution < 1.29 is 19.1 Å². The maximum Gasteiger partial charge on any atom is 0.227 e. The van der Waals surface area contributed by atoms with Crippen LogP contribution in [0.1, 0.15) is 29.5 Å². The van der Waals surface area contributed by atoms with Gasteiger partial charge in [0.15, 0.2) is 5.78 Å². The quantitative estimate of drug-likeness (QED) is 0.259. The molecular weight excluding hydrogens is 462 g/mol. The van der Waals surface area contributed by atoms with Crippen LogP contribution in [0, 0.1) is 0 Å². The van der Waals surface area contributed by atoms with E-state index in [-0.39, 0.29) is 30.6 Å². The second kappa shape index (κ2) is 13.2. The maximum absolute atomic E-state index is 13.3. The highest BCUT2D eigenvalue weighted by Gasteiger charge is 2.24. The van der Waals surface area contributed by atoms with E-state index in [9.17, 15) is 9.59 Å². The molecule has 0 aliphatic heterocycles. The summed E-state index contributed by atoms with van der Waals surface area (Å²) < 4.78 is 11.7. The molecule has 0 aromatic heterocycles. The van der Waals surface area contributed by atoms with E-state index in [1.165, 1.54) is 0 Å². The second-order valence-electron chi connectivity index (χ2n) is 8.90. The van der Waals surface area contributed by atoms with Gasteiger partial charge in [0.05, 0.1) is 19.1 Å². The molecule has 4 aromatic rings. The molecule has 4 rings (SSSR count).